The van der Waals surface area contributed by atoms with Gasteiger partial charge in [0.2, 0.25) is 0 Å². The molecule has 1 aromatic rings. The lowest BCUT2D eigenvalue weighted by molar-refractivity contribution is 0.254. The van der Waals surface area contributed by atoms with E-state index in [4.69, 9.17) is 5.26 Å². The van der Waals surface area contributed by atoms with Gasteiger partial charge < -0.3 is 9.80 Å². The summed E-state index contributed by atoms with van der Waals surface area (Å²) in [5, 5.41) is 9.04. The van der Waals surface area contributed by atoms with E-state index >= 15 is 0 Å². The van der Waals surface area contributed by atoms with E-state index in [0.29, 0.717) is 5.92 Å². The Balaban J connectivity index is 1.87. The van der Waals surface area contributed by atoms with Crippen molar-refractivity contribution in [1.29, 1.82) is 5.26 Å². The van der Waals surface area contributed by atoms with E-state index in [1.54, 1.807) is 0 Å². The number of fused-ring (bicyclic) bond motifs is 1. The second-order valence-corrected chi connectivity index (χ2v) is 5.52. The molecule has 0 radical (unpaired) electrons. The van der Waals surface area contributed by atoms with E-state index in [9.17, 15) is 0 Å². The Morgan fingerprint density at radius 1 is 1.22 bits per heavy atom. The van der Waals surface area contributed by atoms with Crippen molar-refractivity contribution in [3.05, 3.63) is 34.9 Å². The lowest BCUT2D eigenvalue weighted by Gasteiger charge is -2.30. The Morgan fingerprint density at radius 3 is 2.72 bits per heavy atom. The molecule has 94 valence electrons. The molecule has 0 N–H and O–H groups in total. The van der Waals surface area contributed by atoms with Crippen LogP contribution in [0.2, 0.25) is 0 Å². The Morgan fingerprint density at radius 2 is 2.00 bits per heavy atom. The minimum Gasteiger partial charge on any atom is -0.306 e. The second kappa shape index (κ2) is 4.62. The number of benzene rings is 1. The maximum Gasteiger partial charge on any atom is 0.179 e. The van der Waals surface area contributed by atoms with Crippen LogP contribution in [0.5, 0.6) is 0 Å². The number of piperidine rings is 1. The van der Waals surface area contributed by atoms with Gasteiger partial charge in [0.15, 0.2) is 6.19 Å². The smallest absolute Gasteiger partial charge is 0.179 e. The minimum absolute atomic E-state index is 0.690. The van der Waals surface area contributed by atoms with Crippen molar-refractivity contribution in [2.75, 3.05) is 20.1 Å². The van der Waals surface area contributed by atoms with Gasteiger partial charge in [0.1, 0.15) is 0 Å². The molecule has 0 unspecified atom stereocenters. The normalized spacial score (nSPS) is 20.8. The summed E-state index contributed by atoms with van der Waals surface area (Å²) in [6.07, 6.45) is 4.77. The van der Waals surface area contributed by atoms with Crippen molar-refractivity contribution < 1.29 is 0 Å². The third kappa shape index (κ3) is 1.97. The highest BCUT2D eigenvalue weighted by molar-refractivity contribution is 5.40. The largest absolute Gasteiger partial charge is 0.306 e. The predicted octanol–water partition coefficient (Wildman–Crippen LogP) is 2.29. The molecule has 1 fully saturated rings. The molecule has 2 aliphatic heterocycles. The number of rotatable bonds is 1. The summed E-state index contributed by atoms with van der Waals surface area (Å²) >= 11 is 0. The van der Waals surface area contributed by atoms with Gasteiger partial charge in [0.25, 0.3) is 0 Å². The van der Waals surface area contributed by atoms with E-state index in [0.717, 1.165) is 13.1 Å². The number of likely N-dealkylation sites (tertiary alicyclic amines) is 1. The molecule has 1 aromatic carbocycles. The fourth-order valence-electron chi connectivity index (χ4n) is 3.22. The van der Waals surface area contributed by atoms with Gasteiger partial charge in [0, 0.05) is 0 Å². The van der Waals surface area contributed by atoms with Crippen LogP contribution in [0.3, 0.4) is 0 Å². The zero-order chi connectivity index (χ0) is 12.5. The predicted molar refractivity (Wildman–Crippen MR) is 70.8 cm³/mol. The topological polar surface area (TPSA) is 30.3 Å². The van der Waals surface area contributed by atoms with Gasteiger partial charge in [-0.05, 0) is 55.6 Å². The molecule has 0 aromatic heterocycles. The molecular formula is C15H19N3. The third-order valence-corrected chi connectivity index (χ3v) is 4.32. The highest BCUT2D eigenvalue weighted by Crippen LogP contribution is 2.34. The van der Waals surface area contributed by atoms with Gasteiger partial charge >= 0.3 is 0 Å². The first-order valence-electron chi connectivity index (χ1n) is 6.72. The van der Waals surface area contributed by atoms with Crippen molar-refractivity contribution in [1.82, 2.24) is 9.80 Å². The molecule has 3 nitrogen and oxygen atoms in total. The summed E-state index contributed by atoms with van der Waals surface area (Å²) in [6.45, 7) is 3.99. The minimum atomic E-state index is 0.690. The van der Waals surface area contributed by atoms with Crippen LogP contribution in [-0.4, -0.2) is 29.9 Å². The number of hydrogen-bond acceptors (Lipinski definition) is 3. The molecule has 2 aliphatic rings. The number of nitrogens with zero attached hydrogens (tertiary/aromatic N) is 3. The summed E-state index contributed by atoms with van der Waals surface area (Å²) in [6, 6.07) is 6.61. The van der Waals surface area contributed by atoms with Crippen molar-refractivity contribution in [2.45, 2.75) is 31.8 Å². The van der Waals surface area contributed by atoms with Crippen molar-refractivity contribution in [3.8, 4) is 6.19 Å². The average Bonchev–Trinajstić information content (AvgIpc) is 2.82. The summed E-state index contributed by atoms with van der Waals surface area (Å²) in [7, 11) is 2.20. The summed E-state index contributed by atoms with van der Waals surface area (Å²) in [5.74, 6) is 0.690. The molecule has 0 amide bonds. The van der Waals surface area contributed by atoms with Gasteiger partial charge in [-0.3, -0.25) is 0 Å². The standard InChI is InChI=1S/C15H19N3/c1-17-7-5-12(6-8-17)14-4-2-3-13-9-18(11-16)10-15(13)14/h2-4,12H,5-10H2,1H3. The van der Waals surface area contributed by atoms with E-state index in [2.05, 4.69) is 36.3 Å². The Labute approximate surface area is 109 Å². The first kappa shape index (κ1) is 11.6. The van der Waals surface area contributed by atoms with Crippen LogP contribution in [0.25, 0.3) is 0 Å². The summed E-state index contributed by atoms with van der Waals surface area (Å²) in [4.78, 5) is 4.25. The molecular weight excluding hydrogens is 222 g/mol. The zero-order valence-corrected chi connectivity index (χ0v) is 10.9. The highest BCUT2D eigenvalue weighted by Gasteiger charge is 2.26. The molecule has 3 rings (SSSR count). The highest BCUT2D eigenvalue weighted by atomic mass is 15.1. The molecule has 0 spiro atoms. The lowest BCUT2D eigenvalue weighted by Crippen LogP contribution is -2.29. The summed E-state index contributed by atoms with van der Waals surface area (Å²) in [5.41, 5.74) is 4.28. The van der Waals surface area contributed by atoms with Crippen LogP contribution in [0.4, 0.5) is 0 Å². The third-order valence-electron chi connectivity index (χ3n) is 4.32. The van der Waals surface area contributed by atoms with Crippen molar-refractivity contribution in [2.24, 2.45) is 0 Å². The van der Waals surface area contributed by atoms with Crippen LogP contribution in [0.1, 0.15) is 35.4 Å². The SMILES string of the molecule is CN1CCC(c2cccc3c2CN(C#N)C3)CC1. The van der Waals surface area contributed by atoms with E-state index in [1.807, 2.05) is 4.90 Å². The number of hydrogen-bond donors (Lipinski definition) is 0. The van der Waals surface area contributed by atoms with Crippen LogP contribution >= 0.6 is 0 Å². The Hall–Kier alpha value is -1.53. The van der Waals surface area contributed by atoms with Crippen LogP contribution in [0.15, 0.2) is 18.2 Å². The molecule has 18 heavy (non-hydrogen) atoms. The Bertz CT molecular complexity index is 481. The molecule has 0 atom stereocenters. The van der Waals surface area contributed by atoms with Crippen molar-refractivity contribution >= 4 is 0 Å². The lowest BCUT2D eigenvalue weighted by atomic mass is 9.85. The van der Waals surface area contributed by atoms with E-state index in [-0.39, 0.29) is 0 Å². The molecule has 0 saturated carbocycles. The fraction of sp³-hybridized carbons (Fsp3) is 0.533. The molecule has 0 aliphatic carbocycles. The molecule has 1 saturated heterocycles. The zero-order valence-electron chi connectivity index (χ0n) is 10.9. The monoisotopic (exact) mass is 241 g/mol. The molecule has 2 heterocycles. The van der Waals surface area contributed by atoms with Gasteiger partial charge in [0.05, 0.1) is 13.1 Å². The fourth-order valence-corrected chi connectivity index (χ4v) is 3.22. The first-order valence-corrected chi connectivity index (χ1v) is 6.72. The number of nitriles is 1. The van der Waals surface area contributed by atoms with E-state index in [1.165, 1.54) is 42.6 Å². The van der Waals surface area contributed by atoms with E-state index < -0.39 is 0 Å². The summed E-state index contributed by atoms with van der Waals surface area (Å²) < 4.78 is 0. The van der Waals surface area contributed by atoms with Gasteiger partial charge in [-0.2, -0.15) is 5.26 Å². The maximum absolute atomic E-state index is 9.04. The van der Waals surface area contributed by atoms with Crippen LogP contribution in [0, 0.1) is 11.5 Å². The quantitative estimate of drug-likeness (QED) is 0.707. The average molecular weight is 241 g/mol. The second-order valence-electron chi connectivity index (χ2n) is 5.52. The van der Waals surface area contributed by atoms with Gasteiger partial charge in [-0.15, -0.1) is 0 Å². The maximum atomic E-state index is 9.04. The van der Waals surface area contributed by atoms with Crippen molar-refractivity contribution in [3.63, 3.8) is 0 Å². The molecule has 3 heteroatoms. The molecule has 0 bridgehead atoms. The Kier molecular flexibility index (Phi) is 2.97. The van der Waals surface area contributed by atoms with Gasteiger partial charge in [-0.25, -0.2) is 0 Å². The van der Waals surface area contributed by atoms with Crippen LogP contribution < -0.4 is 0 Å². The first-order chi connectivity index (χ1) is 8.78. The van der Waals surface area contributed by atoms with Crippen LogP contribution in [-0.2, 0) is 13.1 Å². The van der Waals surface area contributed by atoms with Gasteiger partial charge in [-0.1, -0.05) is 18.2 Å².